The number of hydrogen-bond donors (Lipinski definition) is 0. The molecule has 0 unspecified atom stereocenters. The molecule has 0 bridgehead atoms. The van der Waals surface area contributed by atoms with Gasteiger partial charge < -0.3 is 4.90 Å². The van der Waals surface area contributed by atoms with Gasteiger partial charge in [0.2, 0.25) is 0 Å². The zero-order valence-electron chi connectivity index (χ0n) is 29.9. The van der Waals surface area contributed by atoms with Crippen molar-refractivity contribution in [3.63, 3.8) is 0 Å². The number of fused-ring (bicyclic) bond motifs is 5. The van der Waals surface area contributed by atoms with Crippen molar-refractivity contribution in [3.8, 4) is 45.2 Å². The molecule has 0 aliphatic carbocycles. The van der Waals surface area contributed by atoms with E-state index < -0.39 is 0 Å². The zero-order chi connectivity index (χ0) is 36.6. The third-order valence-electron chi connectivity index (χ3n) is 10.2. The molecule has 0 saturated carbocycles. The Morgan fingerprint density at radius 1 is 0.345 bits per heavy atom. The van der Waals surface area contributed by atoms with Gasteiger partial charge in [-0.2, -0.15) is 0 Å². The van der Waals surface area contributed by atoms with Crippen molar-refractivity contribution < 1.29 is 0 Å². The van der Waals surface area contributed by atoms with E-state index in [1.165, 1.54) is 5.39 Å². The first-order valence-electron chi connectivity index (χ1n) is 18.5. The van der Waals surface area contributed by atoms with Crippen LogP contribution in [0.5, 0.6) is 0 Å². The summed E-state index contributed by atoms with van der Waals surface area (Å²) >= 11 is 0. The molecule has 0 aliphatic rings. The molecule has 0 radical (unpaired) electrons. The average molecular weight is 703 g/mol. The molecule has 2 heterocycles. The molecule has 0 spiro atoms. The second kappa shape index (κ2) is 13.8. The van der Waals surface area contributed by atoms with Crippen molar-refractivity contribution in [2.75, 3.05) is 4.90 Å². The lowest BCUT2D eigenvalue weighted by Crippen LogP contribution is -2.09. The molecular formula is C51H34N4. The van der Waals surface area contributed by atoms with Gasteiger partial charge in [-0.05, 0) is 65.4 Å². The number of anilines is 3. The predicted octanol–water partition coefficient (Wildman–Crippen LogP) is 13.5. The maximum absolute atomic E-state index is 5.46. The quantitative estimate of drug-likeness (QED) is 0.155. The predicted molar refractivity (Wildman–Crippen MR) is 229 cm³/mol. The molecule has 55 heavy (non-hydrogen) atoms. The number of rotatable bonds is 7. The second-order valence-electron chi connectivity index (χ2n) is 13.6. The molecule has 0 fully saturated rings. The normalized spacial score (nSPS) is 11.3. The van der Waals surface area contributed by atoms with Gasteiger partial charge in [-0.25, -0.2) is 15.0 Å². The lowest BCUT2D eigenvalue weighted by Gasteiger charge is -2.25. The minimum atomic E-state index is 0.680. The number of para-hydroxylation sites is 3. The maximum atomic E-state index is 5.46. The zero-order valence-corrected chi connectivity index (χ0v) is 29.9. The van der Waals surface area contributed by atoms with E-state index >= 15 is 0 Å². The summed E-state index contributed by atoms with van der Waals surface area (Å²) in [4.78, 5) is 18.2. The summed E-state index contributed by atoms with van der Waals surface area (Å²) < 4.78 is 0. The van der Waals surface area contributed by atoms with Crippen LogP contribution in [0.25, 0.3) is 77.6 Å². The number of pyridine rings is 1. The van der Waals surface area contributed by atoms with Gasteiger partial charge in [0.15, 0.2) is 5.82 Å². The highest BCUT2D eigenvalue weighted by atomic mass is 15.1. The maximum Gasteiger partial charge on any atom is 0.160 e. The Kier molecular flexibility index (Phi) is 8.12. The molecular weight excluding hydrogens is 669 g/mol. The molecule has 10 aromatic rings. The minimum Gasteiger partial charge on any atom is -0.311 e. The molecule has 2 aromatic heterocycles. The first kappa shape index (κ1) is 32.2. The van der Waals surface area contributed by atoms with Gasteiger partial charge in [-0.1, -0.05) is 152 Å². The van der Waals surface area contributed by atoms with Crippen molar-refractivity contribution in [3.05, 3.63) is 206 Å². The highest BCUT2D eigenvalue weighted by Crippen LogP contribution is 2.44. The first-order chi connectivity index (χ1) is 27.3. The highest BCUT2D eigenvalue weighted by molar-refractivity contribution is 6.26. The van der Waals surface area contributed by atoms with Crippen molar-refractivity contribution in [1.29, 1.82) is 0 Å². The summed E-state index contributed by atoms with van der Waals surface area (Å²) in [5.41, 5.74) is 10.9. The Morgan fingerprint density at radius 2 is 0.873 bits per heavy atom. The Bertz CT molecular complexity index is 2840. The number of aromatic nitrogens is 3. The largest absolute Gasteiger partial charge is 0.311 e. The Morgan fingerprint density at radius 3 is 1.55 bits per heavy atom. The van der Waals surface area contributed by atoms with Crippen LogP contribution in [0.15, 0.2) is 206 Å². The van der Waals surface area contributed by atoms with Crippen LogP contribution in [0.2, 0.25) is 0 Å². The van der Waals surface area contributed by atoms with Gasteiger partial charge in [-0.15, -0.1) is 0 Å². The van der Waals surface area contributed by atoms with Gasteiger partial charge in [-0.3, -0.25) is 0 Å². The fourth-order valence-corrected chi connectivity index (χ4v) is 7.67. The van der Waals surface area contributed by atoms with Crippen LogP contribution in [0.1, 0.15) is 0 Å². The van der Waals surface area contributed by atoms with Crippen molar-refractivity contribution in [1.82, 2.24) is 15.0 Å². The van der Waals surface area contributed by atoms with Crippen LogP contribution in [-0.4, -0.2) is 15.0 Å². The van der Waals surface area contributed by atoms with Gasteiger partial charge >= 0.3 is 0 Å². The van der Waals surface area contributed by atoms with E-state index in [9.17, 15) is 0 Å². The Labute approximate surface area is 319 Å². The van der Waals surface area contributed by atoms with Crippen LogP contribution in [0.4, 0.5) is 17.1 Å². The van der Waals surface area contributed by atoms with E-state index in [-0.39, 0.29) is 0 Å². The molecule has 8 aromatic carbocycles. The number of hydrogen-bond acceptors (Lipinski definition) is 4. The summed E-state index contributed by atoms with van der Waals surface area (Å²) in [6, 6.07) is 71.9. The molecule has 0 N–H and O–H groups in total. The van der Waals surface area contributed by atoms with Crippen molar-refractivity contribution in [2.24, 2.45) is 0 Å². The number of nitrogens with zero attached hydrogens (tertiary/aromatic N) is 4. The summed E-state index contributed by atoms with van der Waals surface area (Å²) in [6.07, 6.45) is 0. The fraction of sp³-hybridized carbons (Fsp3) is 0. The monoisotopic (exact) mass is 702 g/mol. The van der Waals surface area contributed by atoms with E-state index in [4.69, 9.17) is 15.0 Å². The molecule has 4 nitrogen and oxygen atoms in total. The van der Waals surface area contributed by atoms with Crippen LogP contribution < -0.4 is 4.90 Å². The van der Waals surface area contributed by atoms with Crippen LogP contribution in [-0.2, 0) is 0 Å². The average Bonchev–Trinajstić information content (AvgIpc) is 3.27. The van der Waals surface area contributed by atoms with Crippen LogP contribution in [0, 0.1) is 0 Å². The lowest BCUT2D eigenvalue weighted by atomic mass is 9.90. The molecule has 10 rings (SSSR count). The van der Waals surface area contributed by atoms with Gasteiger partial charge in [0.1, 0.15) is 0 Å². The Hall–Kier alpha value is -7.43. The third kappa shape index (κ3) is 5.96. The van der Waals surface area contributed by atoms with Gasteiger partial charge in [0.05, 0.1) is 22.6 Å². The van der Waals surface area contributed by atoms with E-state index in [2.05, 4.69) is 187 Å². The van der Waals surface area contributed by atoms with E-state index in [1.807, 2.05) is 24.3 Å². The summed E-state index contributed by atoms with van der Waals surface area (Å²) in [6.45, 7) is 0. The molecule has 0 aliphatic heterocycles. The Balaban J connectivity index is 1.25. The number of benzene rings is 8. The molecule has 0 saturated heterocycles. The van der Waals surface area contributed by atoms with Gasteiger partial charge in [0, 0.05) is 55.5 Å². The van der Waals surface area contributed by atoms with Crippen molar-refractivity contribution in [2.45, 2.75) is 0 Å². The topological polar surface area (TPSA) is 41.9 Å². The van der Waals surface area contributed by atoms with E-state index in [0.29, 0.717) is 5.82 Å². The lowest BCUT2D eigenvalue weighted by molar-refractivity contribution is 1.18. The van der Waals surface area contributed by atoms with Crippen LogP contribution >= 0.6 is 0 Å². The van der Waals surface area contributed by atoms with Crippen molar-refractivity contribution >= 4 is 49.5 Å². The molecule has 4 heteroatoms. The summed E-state index contributed by atoms with van der Waals surface area (Å²) in [7, 11) is 0. The SMILES string of the molecule is c1ccc(-c2cc(-c3cc4ccccc4c4c3c(-c3ccc(N(c5ccccc5)c5ccccc5)cc3)nc3ccccc34)nc(-c3ccccc3)n2)cc1. The van der Waals surface area contributed by atoms with E-state index in [0.717, 1.165) is 83.5 Å². The van der Waals surface area contributed by atoms with E-state index in [1.54, 1.807) is 0 Å². The fourth-order valence-electron chi connectivity index (χ4n) is 7.67. The minimum absolute atomic E-state index is 0.680. The van der Waals surface area contributed by atoms with Crippen LogP contribution in [0.3, 0.4) is 0 Å². The second-order valence-corrected chi connectivity index (χ2v) is 13.6. The molecule has 258 valence electrons. The summed E-state index contributed by atoms with van der Waals surface area (Å²) in [5.74, 6) is 0.680. The third-order valence-corrected chi connectivity index (χ3v) is 10.2. The summed E-state index contributed by atoms with van der Waals surface area (Å²) in [5, 5.41) is 5.65. The smallest absolute Gasteiger partial charge is 0.160 e. The highest BCUT2D eigenvalue weighted by Gasteiger charge is 2.21. The standard InChI is InChI=1S/C51H34N4/c1-5-17-35(18-6-1)46-34-47(54-51(53-46)37-19-7-2-8-20-37)44-33-38-21-13-14-26-42(38)48-43-27-15-16-28-45(43)52-50(49(44)48)36-29-31-41(32-30-36)55(39-22-9-3-10-23-39)40-24-11-4-12-25-40/h1-34H. The molecule has 0 atom stereocenters. The molecule has 0 amide bonds. The first-order valence-corrected chi connectivity index (χ1v) is 18.5. The van der Waals surface area contributed by atoms with Gasteiger partial charge in [0.25, 0.3) is 0 Å².